The van der Waals surface area contributed by atoms with Gasteiger partial charge in [-0.3, -0.25) is 4.79 Å². The van der Waals surface area contributed by atoms with Crippen LogP contribution in [0.15, 0.2) is 18.2 Å². The van der Waals surface area contributed by atoms with Gasteiger partial charge in [0.25, 0.3) is 5.91 Å². The van der Waals surface area contributed by atoms with E-state index >= 15 is 0 Å². The Morgan fingerprint density at radius 2 is 2.15 bits per heavy atom. The van der Waals surface area contributed by atoms with Gasteiger partial charge in [0, 0.05) is 12.6 Å². The van der Waals surface area contributed by atoms with Crippen LogP contribution < -0.4 is 5.32 Å². The van der Waals surface area contributed by atoms with Crippen LogP contribution in [0.2, 0.25) is 0 Å². The summed E-state index contributed by atoms with van der Waals surface area (Å²) in [5.74, 6) is -0.628. The number of carbonyl (C=O) groups excluding carboxylic acids is 1. The molecule has 1 amide bonds. The third-order valence-corrected chi connectivity index (χ3v) is 1.56. The smallest absolute Gasteiger partial charge is 0.255 e. The monoisotopic (exact) mass is 181 g/mol. The highest BCUT2D eigenvalue weighted by molar-refractivity contribution is 5.96. The predicted octanol–water partition coefficient (Wildman–Crippen LogP) is 0.847. The van der Waals surface area contributed by atoms with E-state index in [1.54, 1.807) is 6.92 Å². The minimum Gasteiger partial charge on any atom is -0.508 e. The van der Waals surface area contributed by atoms with Crippen LogP contribution in [-0.2, 0) is 0 Å². The van der Waals surface area contributed by atoms with Crippen molar-refractivity contribution in [3.8, 4) is 11.5 Å². The fourth-order valence-electron chi connectivity index (χ4n) is 0.968. The van der Waals surface area contributed by atoms with Gasteiger partial charge in [-0.05, 0) is 19.1 Å². The van der Waals surface area contributed by atoms with E-state index < -0.39 is 0 Å². The summed E-state index contributed by atoms with van der Waals surface area (Å²) in [6.07, 6.45) is 0. The minimum absolute atomic E-state index is 0.0643. The number of nitrogens with one attached hydrogen (secondary N) is 1. The lowest BCUT2D eigenvalue weighted by molar-refractivity contribution is 0.0953. The van der Waals surface area contributed by atoms with E-state index in [9.17, 15) is 9.90 Å². The van der Waals surface area contributed by atoms with E-state index in [4.69, 9.17) is 5.11 Å². The fraction of sp³-hybridized carbons (Fsp3) is 0.222. The summed E-state index contributed by atoms with van der Waals surface area (Å²) >= 11 is 0. The van der Waals surface area contributed by atoms with Crippen LogP contribution in [0.5, 0.6) is 11.5 Å². The Kier molecular flexibility index (Phi) is 2.74. The molecule has 0 saturated carbocycles. The second-order valence-electron chi connectivity index (χ2n) is 2.56. The first-order valence-electron chi connectivity index (χ1n) is 3.95. The van der Waals surface area contributed by atoms with E-state index in [1.807, 2.05) is 0 Å². The second-order valence-corrected chi connectivity index (χ2v) is 2.56. The topological polar surface area (TPSA) is 69.6 Å². The highest BCUT2D eigenvalue weighted by Gasteiger charge is 2.09. The summed E-state index contributed by atoms with van der Waals surface area (Å²) in [6, 6.07) is 3.85. The van der Waals surface area contributed by atoms with Gasteiger partial charge >= 0.3 is 0 Å². The lowest BCUT2D eigenvalue weighted by Crippen LogP contribution is -2.22. The number of phenolic OH excluding ortho intramolecular Hbond substituents is 2. The van der Waals surface area contributed by atoms with E-state index in [0.717, 1.165) is 6.07 Å². The molecule has 0 aliphatic rings. The molecule has 0 atom stereocenters. The number of rotatable bonds is 2. The maximum absolute atomic E-state index is 11.2. The summed E-state index contributed by atoms with van der Waals surface area (Å²) in [6.45, 7) is 2.29. The SMILES string of the molecule is CCNC(=O)c1ccc(O)cc1O. The molecule has 0 bridgehead atoms. The first-order chi connectivity index (χ1) is 6.15. The summed E-state index contributed by atoms with van der Waals surface area (Å²) in [7, 11) is 0. The molecule has 4 nitrogen and oxygen atoms in total. The summed E-state index contributed by atoms with van der Waals surface area (Å²) in [5, 5.41) is 20.8. The third-order valence-electron chi connectivity index (χ3n) is 1.56. The standard InChI is InChI=1S/C9H11NO3/c1-2-10-9(13)7-4-3-6(11)5-8(7)12/h3-5,11-12H,2H2,1H3,(H,10,13). The normalized spacial score (nSPS) is 9.62. The van der Waals surface area contributed by atoms with Gasteiger partial charge < -0.3 is 15.5 Å². The van der Waals surface area contributed by atoms with E-state index in [2.05, 4.69) is 5.32 Å². The van der Waals surface area contributed by atoms with Gasteiger partial charge in [-0.2, -0.15) is 0 Å². The molecule has 13 heavy (non-hydrogen) atoms. The van der Waals surface area contributed by atoms with Crippen LogP contribution in [-0.4, -0.2) is 22.7 Å². The molecule has 4 heteroatoms. The van der Waals surface area contributed by atoms with Crippen molar-refractivity contribution in [2.24, 2.45) is 0 Å². The van der Waals surface area contributed by atoms with Crippen LogP contribution in [0, 0.1) is 0 Å². The molecule has 0 fully saturated rings. The number of hydrogen-bond acceptors (Lipinski definition) is 3. The summed E-state index contributed by atoms with van der Waals surface area (Å²) < 4.78 is 0. The summed E-state index contributed by atoms with van der Waals surface area (Å²) in [4.78, 5) is 11.2. The fourth-order valence-corrected chi connectivity index (χ4v) is 0.968. The quantitative estimate of drug-likeness (QED) is 0.633. The van der Waals surface area contributed by atoms with Crippen LogP contribution in [0.3, 0.4) is 0 Å². The van der Waals surface area contributed by atoms with E-state index in [0.29, 0.717) is 6.54 Å². The molecule has 0 unspecified atom stereocenters. The minimum atomic E-state index is -0.347. The molecule has 0 aromatic heterocycles. The van der Waals surface area contributed by atoms with Crippen molar-refractivity contribution in [3.63, 3.8) is 0 Å². The molecule has 70 valence electrons. The van der Waals surface area contributed by atoms with Crippen LogP contribution in [0.4, 0.5) is 0 Å². The first-order valence-corrected chi connectivity index (χ1v) is 3.95. The molecule has 1 aromatic rings. The molecule has 3 N–H and O–H groups in total. The number of amides is 1. The van der Waals surface area contributed by atoms with Gasteiger partial charge in [0.05, 0.1) is 5.56 Å². The van der Waals surface area contributed by atoms with Crippen molar-refractivity contribution >= 4 is 5.91 Å². The van der Waals surface area contributed by atoms with E-state index in [-0.39, 0.29) is 23.0 Å². The molecular formula is C9H11NO3. The Morgan fingerprint density at radius 3 is 2.69 bits per heavy atom. The Hall–Kier alpha value is -1.71. The third kappa shape index (κ3) is 2.11. The number of aromatic hydroxyl groups is 2. The maximum Gasteiger partial charge on any atom is 0.255 e. The second kappa shape index (κ2) is 3.80. The molecule has 0 spiro atoms. The molecular weight excluding hydrogens is 170 g/mol. The molecule has 1 rings (SSSR count). The summed E-state index contributed by atoms with van der Waals surface area (Å²) in [5.41, 5.74) is 0.166. The largest absolute Gasteiger partial charge is 0.508 e. The van der Waals surface area contributed by atoms with Crippen LogP contribution in [0.1, 0.15) is 17.3 Å². The van der Waals surface area contributed by atoms with Gasteiger partial charge in [0.2, 0.25) is 0 Å². The van der Waals surface area contributed by atoms with Crippen molar-refractivity contribution in [2.45, 2.75) is 6.92 Å². The molecule has 0 saturated heterocycles. The average molecular weight is 181 g/mol. The lowest BCUT2D eigenvalue weighted by atomic mass is 10.2. The molecule has 0 aliphatic heterocycles. The zero-order valence-electron chi connectivity index (χ0n) is 7.24. The molecule has 1 aromatic carbocycles. The zero-order valence-corrected chi connectivity index (χ0v) is 7.24. The molecule has 0 heterocycles. The Labute approximate surface area is 75.8 Å². The molecule has 0 radical (unpaired) electrons. The van der Waals surface area contributed by atoms with Crippen LogP contribution >= 0.6 is 0 Å². The maximum atomic E-state index is 11.2. The number of benzene rings is 1. The Balaban J connectivity index is 2.95. The van der Waals surface area contributed by atoms with Gasteiger partial charge in [0.15, 0.2) is 0 Å². The zero-order chi connectivity index (χ0) is 9.84. The van der Waals surface area contributed by atoms with Crippen molar-refractivity contribution in [1.82, 2.24) is 5.32 Å². The highest BCUT2D eigenvalue weighted by Crippen LogP contribution is 2.22. The van der Waals surface area contributed by atoms with Crippen molar-refractivity contribution in [1.29, 1.82) is 0 Å². The van der Waals surface area contributed by atoms with E-state index in [1.165, 1.54) is 12.1 Å². The lowest BCUT2D eigenvalue weighted by Gasteiger charge is -2.04. The number of carbonyl (C=O) groups is 1. The van der Waals surface area contributed by atoms with Crippen molar-refractivity contribution in [3.05, 3.63) is 23.8 Å². The van der Waals surface area contributed by atoms with Gasteiger partial charge in [0.1, 0.15) is 11.5 Å². The highest BCUT2D eigenvalue weighted by atomic mass is 16.3. The van der Waals surface area contributed by atoms with Crippen LogP contribution in [0.25, 0.3) is 0 Å². The van der Waals surface area contributed by atoms with Gasteiger partial charge in [-0.1, -0.05) is 0 Å². The first kappa shape index (κ1) is 9.38. The Morgan fingerprint density at radius 1 is 1.46 bits per heavy atom. The van der Waals surface area contributed by atoms with Gasteiger partial charge in [-0.25, -0.2) is 0 Å². The Bertz CT molecular complexity index is 323. The number of hydrogen-bond donors (Lipinski definition) is 3. The van der Waals surface area contributed by atoms with Crippen molar-refractivity contribution < 1.29 is 15.0 Å². The van der Waals surface area contributed by atoms with Crippen molar-refractivity contribution in [2.75, 3.05) is 6.54 Å². The number of phenols is 2. The average Bonchev–Trinajstić information content (AvgIpc) is 2.04. The molecule has 0 aliphatic carbocycles. The van der Waals surface area contributed by atoms with Gasteiger partial charge in [-0.15, -0.1) is 0 Å². The predicted molar refractivity (Wildman–Crippen MR) is 47.8 cm³/mol.